The van der Waals surface area contributed by atoms with Crippen molar-refractivity contribution in [2.24, 2.45) is 0 Å². The topological polar surface area (TPSA) is 59.8 Å². The molecule has 1 unspecified atom stereocenters. The Morgan fingerprint density at radius 3 is 2.47 bits per heavy atom. The second-order valence-electron chi connectivity index (χ2n) is 9.11. The van der Waals surface area contributed by atoms with Crippen LogP contribution < -0.4 is 10.2 Å². The molecule has 0 bridgehead atoms. The van der Waals surface area contributed by atoms with Gasteiger partial charge in [-0.2, -0.15) is 0 Å². The average Bonchev–Trinajstić information content (AvgIpc) is 3.17. The molecule has 0 saturated heterocycles. The van der Waals surface area contributed by atoms with Crippen molar-refractivity contribution in [1.82, 2.24) is 4.90 Å². The second-order valence-corrected chi connectivity index (χ2v) is 10.0. The van der Waals surface area contributed by atoms with Crippen LogP contribution in [0.3, 0.4) is 0 Å². The number of hydrogen-bond donors (Lipinski definition) is 0. The quantitative estimate of drug-likeness (QED) is 0.207. The van der Waals surface area contributed by atoms with Crippen LogP contribution in [-0.4, -0.2) is 17.4 Å². The zero-order valence-electron chi connectivity index (χ0n) is 20.2. The van der Waals surface area contributed by atoms with E-state index in [1.807, 2.05) is 54.6 Å². The third-order valence-electron chi connectivity index (χ3n) is 6.59. The first-order valence-corrected chi connectivity index (χ1v) is 13.2. The van der Waals surface area contributed by atoms with Crippen LogP contribution in [0.2, 0.25) is 0 Å². The highest BCUT2D eigenvalue weighted by molar-refractivity contribution is 9.10. The third kappa shape index (κ3) is 4.82. The molecule has 1 atom stereocenters. The molecule has 0 radical (unpaired) electrons. The van der Waals surface area contributed by atoms with E-state index in [0.29, 0.717) is 29.7 Å². The summed E-state index contributed by atoms with van der Waals surface area (Å²) < 4.78 is 12.7. The zero-order chi connectivity index (χ0) is 25.1. The molecule has 0 fully saturated rings. The van der Waals surface area contributed by atoms with Gasteiger partial charge in [0.15, 0.2) is 5.43 Å². The first kappa shape index (κ1) is 24.3. The number of rotatable bonds is 9. The van der Waals surface area contributed by atoms with Gasteiger partial charge in [-0.1, -0.05) is 84.6 Å². The van der Waals surface area contributed by atoms with Crippen molar-refractivity contribution in [3.05, 3.63) is 110 Å². The van der Waals surface area contributed by atoms with Gasteiger partial charge in [0.1, 0.15) is 11.3 Å². The molecule has 0 aliphatic carbocycles. The van der Waals surface area contributed by atoms with E-state index in [9.17, 15) is 9.59 Å². The number of benzene rings is 3. The number of hydrogen-bond acceptors (Lipinski definition) is 4. The summed E-state index contributed by atoms with van der Waals surface area (Å²) in [5, 5.41) is 0.453. The van der Waals surface area contributed by atoms with E-state index in [2.05, 4.69) is 22.9 Å². The lowest BCUT2D eigenvalue weighted by atomic mass is 9.98. The van der Waals surface area contributed by atoms with Crippen LogP contribution >= 0.6 is 15.9 Å². The van der Waals surface area contributed by atoms with Gasteiger partial charge in [0.05, 0.1) is 23.6 Å². The normalized spacial score (nSPS) is 14.9. The molecule has 3 aromatic carbocycles. The Hall–Kier alpha value is -3.38. The molecular formula is C30H28BrNO4. The second kappa shape index (κ2) is 10.7. The first-order chi connectivity index (χ1) is 17.6. The minimum absolute atomic E-state index is 0.118. The predicted octanol–water partition coefficient (Wildman–Crippen LogP) is 7.26. The van der Waals surface area contributed by atoms with Gasteiger partial charge < -0.3 is 14.1 Å². The standard InChI is InChI=1S/C30H28BrNO4/c1-2-3-4-8-17-35-23-14-11-21(12-15-23)27-26-28(33)24-18-22(31)13-16-25(24)36-29(26)30(34)32(27)19-20-9-6-5-7-10-20/h5-7,9-16,18,27H,2-4,8,17,19H2,1H3. The summed E-state index contributed by atoms with van der Waals surface area (Å²) >= 11 is 3.45. The van der Waals surface area contributed by atoms with Crippen molar-refractivity contribution in [2.75, 3.05) is 6.61 Å². The van der Waals surface area contributed by atoms with Gasteiger partial charge in [-0.15, -0.1) is 0 Å². The Kier molecular flexibility index (Phi) is 7.23. The van der Waals surface area contributed by atoms with E-state index in [-0.39, 0.29) is 17.1 Å². The van der Waals surface area contributed by atoms with Crippen molar-refractivity contribution in [3.63, 3.8) is 0 Å². The van der Waals surface area contributed by atoms with Gasteiger partial charge in [0, 0.05) is 11.0 Å². The largest absolute Gasteiger partial charge is 0.494 e. The lowest BCUT2D eigenvalue weighted by Crippen LogP contribution is -2.29. The van der Waals surface area contributed by atoms with Crippen LogP contribution in [0.5, 0.6) is 5.75 Å². The highest BCUT2D eigenvalue weighted by Gasteiger charge is 2.42. The molecule has 1 aromatic heterocycles. The number of fused-ring (bicyclic) bond motifs is 2. The Morgan fingerprint density at radius 1 is 0.944 bits per heavy atom. The molecule has 0 N–H and O–H groups in total. The maximum absolute atomic E-state index is 13.7. The van der Waals surface area contributed by atoms with Crippen LogP contribution in [0, 0.1) is 0 Å². The number of carbonyl (C=O) groups is 1. The van der Waals surface area contributed by atoms with Crippen LogP contribution in [0.1, 0.15) is 65.9 Å². The van der Waals surface area contributed by atoms with Crippen molar-refractivity contribution in [1.29, 1.82) is 0 Å². The Morgan fingerprint density at radius 2 is 1.72 bits per heavy atom. The molecule has 1 amide bonds. The highest BCUT2D eigenvalue weighted by atomic mass is 79.9. The van der Waals surface area contributed by atoms with Crippen LogP contribution in [0.15, 0.2) is 86.5 Å². The summed E-state index contributed by atoms with van der Waals surface area (Å²) in [5.41, 5.74) is 2.43. The lowest BCUT2D eigenvalue weighted by molar-refractivity contribution is 0.0714. The molecule has 1 aliphatic rings. The van der Waals surface area contributed by atoms with E-state index in [4.69, 9.17) is 9.15 Å². The van der Waals surface area contributed by atoms with Gasteiger partial charge in [0.25, 0.3) is 5.91 Å². The van der Waals surface area contributed by atoms with Crippen LogP contribution in [0.25, 0.3) is 11.0 Å². The molecule has 0 spiro atoms. The average molecular weight is 546 g/mol. The molecule has 36 heavy (non-hydrogen) atoms. The number of carbonyl (C=O) groups excluding carboxylic acids is 1. The van der Waals surface area contributed by atoms with E-state index in [1.54, 1.807) is 23.1 Å². The summed E-state index contributed by atoms with van der Waals surface area (Å²) in [5.74, 6) is 0.618. The van der Waals surface area contributed by atoms with Gasteiger partial charge in [-0.25, -0.2) is 0 Å². The van der Waals surface area contributed by atoms with Gasteiger partial charge >= 0.3 is 0 Å². The van der Waals surface area contributed by atoms with Crippen molar-refractivity contribution >= 4 is 32.8 Å². The molecule has 184 valence electrons. The molecule has 1 aliphatic heterocycles. The number of unbranched alkanes of at least 4 members (excludes halogenated alkanes) is 3. The zero-order valence-corrected chi connectivity index (χ0v) is 21.8. The molecule has 2 heterocycles. The fourth-order valence-corrected chi connectivity index (χ4v) is 5.11. The minimum Gasteiger partial charge on any atom is -0.494 e. The van der Waals surface area contributed by atoms with E-state index in [1.165, 1.54) is 12.8 Å². The molecule has 5 rings (SSSR count). The number of nitrogens with zero attached hydrogens (tertiary/aromatic N) is 1. The van der Waals surface area contributed by atoms with Crippen molar-refractivity contribution in [2.45, 2.75) is 45.2 Å². The summed E-state index contributed by atoms with van der Waals surface area (Å²) in [6.45, 7) is 3.23. The molecule has 4 aromatic rings. The smallest absolute Gasteiger partial charge is 0.291 e. The van der Waals surface area contributed by atoms with E-state index < -0.39 is 6.04 Å². The van der Waals surface area contributed by atoms with Crippen molar-refractivity contribution < 1.29 is 13.9 Å². The van der Waals surface area contributed by atoms with Crippen LogP contribution in [-0.2, 0) is 6.54 Å². The van der Waals surface area contributed by atoms with Crippen molar-refractivity contribution in [3.8, 4) is 5.75 Å². The first-order valence-electron chi connectivity index (χ1n) is 12.4. The van der Waals surface area contributed by atoms with Gasteiger partial charge in [0.2, 0.25) is 5.76 Å². The maximum atomic E-state index is 13.7. The Bertz CT molecular complexity index is 1430. The van der Waals surface area contributed by atoms with Gasteiger partial charge in [-0.3, -0.25) is 9.59 Å². The van der Waals surface area contributed by atoms with E-state index >= 15 is 0 Å². The SMILES string of the molecule is CCCCCCOc1ccc(C2c3c(oc4ccc(Br)cc4c3=O)C(=O)N2Cc2ccccc2)cc1. The predicted molar refractivity (Wildman–Crippen MR) is 144 cm³/mol. The lowest BCUT2D eigenvalue weighted by Gasteiger charge is -2.25. The molecular weight excluding hydrogens is 518 g/mol. The number of amides is 1. The summed E-state index contributed by atoms with van der Waals surface area (Å²) in [6.07, 6.45) is 4.58. The molecule has 5 nitrogen and oxygen atoms in total. The summed E-state index contributed by atoms with van der Waals surface area (Å²) in [4.78, 5) is 29.0. The fourth-order valence-electron chi connectivity index (χ4n) is 4.75. The number of halogens is 1. The number of ether oxygens (including phenoxy) is 1. The maximum Gasteiger partial charge on any atom is 0.291 e. The Labute approximate surface area is 218 Å². The van der Waals surface area contributed by atoms with Gasteiger partial charge in [-0.05, 0) is 47.9 Å². The van der Waals surface area contributed by atoms with E-state index in [0.717, 1.165) is 34.2 Å². The Balaban J connectivity index is 1.53. The fraction of sp³-hybridized carbons (Fsp3) is 0.267. The highest BCUT2D eigenvalue weighted by Crippen LogP contribution is 2.39. The summed E-state index contributed by atoms with van der Waals surface area (Å²) in [6, 6.07) is 22.2. The monoisotopic (exact) mass is 545 g/mol. The third-order valence-corrected chi connectivity index (χ3v) is 7.08. The minimum atomic E-state index is -0.550. The molecule has 0 saturated carbocycles. The molecule has 6 heteroatoms. The van der Waals surface area contributed by atoms with Crippen LogP contribution in [0.4, 0.5) is 0 Å². The summed E-state index contributed by atoms with van der Waals surface area (Å²) in [7, 11) is 0.